The highest BCUT2D eigenvalue weighted by atomic mass is 16.4. The normalized spacial score (nSPS) is 10.9. The monoisotopic (exact) mass is 281 g/mol. The molecule has 21 heavy (non-hydrogen) atoms. The summed E-state index contributed by atoms with van der Waals surface area (Å²) < 4.78 is 5.72. The van der Waals surface area contributed by atoms with Crippen LogP contribution in [0.25, 0.3) is 22.6 Å². The molecule has 0 fully saturated rings. The van der Waals surface area contributed by atoms with Crippen molar-refractivity contribution in [1.29, 1.82) is 0 Å². The lowest BCUT2D eigenvalue weighted by molar-refractivity contribution is 0.0697. The topological polar surface area (TPSA) is 63.3 Å². The smallest absolute Gasteiger partial charge is 0.335 e. The minimum atomic E-state index is -0.960. The molecule has 0 radical (unpaired) electrons. The number of hydrogen-bond acceptors (Lipinski definition) is 3. The maximum atomic E-state index is 11.0. The third kappa shape index (κ3) is 2.65. The van der Waals surface area contributed by atoms with Gasteiger partial charge < -0.3 is 9.52 Å². The lowest BCUT2D eigenvalue weighted by Gasteiger charge is -1.97. The third-order valence-corrected chi connectivity index (χ3v) is 3.35. The number of aromatic carboxylic acids is 1. The highest BCUT2D eigenvalue weighted by Crippen LogP contribution is 2.25. The maximum Gasteiger partial charge on any atom is 0.335 e. The fraction of sp³-hybridized carbons (Fsp3) is 0.176. The zero-order valence-corrected chi connectivity index (χ0v) is 11.7. The molecular weight excluding hydrogens is 266 g/mol. The van der Waals surface area contributed by atoms with E-state index in [9.17, 15) is 4.79 Å². The Balaban J connectivity index is 2.04. The number of nitrogens with zero attached hydrogens (tertiary/aromatic N) is 1. The number of rotatable bonds is 4. The van der Waals surface area contributed by atoms with Gasteiger partial charge in [0.25, 0.3) is 0 Å². The molecule has 106 valence electrons. The van der Waals surface area contributed by atoms with Crippen LogP contribution < -0.4 is 0 Å². The van der Waals surface area contributed by atoms with Crippen molar-refractivity contribution in [2.45, 2.75) is 19.8 Å². The van der Waals surface area contributed by atoms with Crippen LogP contribution in [0.1, 0.15) is 29.3 Å². The SMILES string of the molecule is CCCc1ccc2oc(-c3cccc(C(=O)O)c3)nc2c1. The first-order valence-electron chi connectivity index (χ1n) is 6.90. The van der Waals surface area contributed by atoms with Crippen LogP contribution in [0.2, 0.25) is 0 Å². The Morgan fingerprint density at radius 1 is 1.24 bits per heavy atom. The van der Waals surface area contributed by atoms with Gasteiger partial charge in [-0.2, -0.15) is 0 Å². The molecule has 2 aromatic carbocycles. The minimum Gasteiger partial charge on any atom is -0.478 e. The van der Waals surface area contributed by atoms with Crippen LogP contribution in [0.5, 0.6) is 0 Å². The molecule has 0 saturated heterocycles. The Labute approximate surface area is 122 Å². The van der Waals surface area contributed by atoms with Gasteiger partial charge >= 0.3 is 5.97 Å². The number of carbonyl (C=O) groups is 1. The molecule has 1 aromatic heterocycles. The Kier molecular flexibility index (Phi) is 3.44. The second-order valence-electron chi connectivity index (χ2n) is 4.96. The number of carboxylic acids is 1. The number of oxazole rings is 1. The van der Waals surface area contributed by atoms with Gasteiger partial charge in [-0.05, 0) is 42.3 Å². The van der Waals surface area contributed by atoms with Crippen LogP contribution in [0.15, 0.2) is 46.9 Å². The number of hydrogen-bond donors (Lipinski definition) is 1. The van der Waals surface area contributed by atoms with Gasteiger partial charge in [-0.1, -0.05) is 25.5 Å². The summed E-state index contributed by atoms with van der Waals surface area (Å²) in [5.41, 5.74) is 3.64. The Bertz CT molecular complexity index is 805. The minimum absolute atomic E-state index is 0.224. The third-order valence-electron chi connectivity index (χ3n) is 3.35. The first-order chi connectivity index (χ1) is 10.2. The molecule has 1 heterocycles. The fourth-order valence-electron chi connectivity index (χ4n) is 2.33. The van der Waals surface area contributed by atoms with E-state index >= 15 is 0 Å². The number of aromatic nitrogens is 1. The predicted octanol–water partition coefficient (Wildman–Crippen LogP) is 4.15. The fourth-order valence-corrected chi connectivity index (χ4v) is 2.33. The molecule has 3 aromatic rings. The summed E-state index contributed by atoms with van der Waals surface area (Å²) in [6.45, 7) is 2.13. The van der Waals surface area contributed by atoms with E-state index in [4.69, 9.17) is 9.52 Å². The van der Waals surface area contributed by atoms with Gasteiger partial charge in [0.15, 0.2) is 5.58 Å². The highest BCUT2D eigenvalue weighted by molar-refractivity contribution is 5.89. The van der Waals surface area contributed by atoms with Gasteiger partial charge in [0, 0.05) is 5.56 Å². The molecule has 3 rings (SSSR count). The molecule has 4 nitrogen and oxygen atoms in total. The van der Waals surface area contributed by atoms with Crippen LogP contribution >= 0.6 is 0 Å². The number of benzene rings is 2. The van der Waals surface area contributed by atoms with Crippen molar-refractivity contribution in [2.24, 2.45) is 0 Å². The number of aryl methyl sites for hydroxylation is 1. The molecule has 0 aliphatic carbocycles. The van der Waals surface area contributed by atoms with E-state index < -0.39 is 5.97 Å². The largest absolute Gasteiger partial charge is 0.478 e. The van der Waals surface area contributed by atoms with Crippen LogP contribution in [-0.2, 0) is 6.42 Å². The van der Waals surface area contributed by atoms with Crippen LogP contribution in [0.3, 0.4) is 0 Å². The van der Waals surface area contributed by atoms with Crippen molar-refractivity contribution in [3.05, 3.63) is 53.6 Å². The van der Waals surface area contributed by atoms with Gasteiger partial charge in [0.1, 0.15) is 5.52 Å². The Morgan fingerprint density at radius 3 is 2.86 bits per heavy atom. The van der Waals surface area contributed by atoms with E-state index in [-0.39, 0.29) is 5.56 Å². The molecule has 0 unspecified atom stereocenters. The molecule has 4 heteroatoms. The van der Waals surface area contributed by atoms with E-state index in [1.54, 1.807) is 24.3 Å². The second-order valence-corrected chi connectivity index (χ2v) is 4.96. The van der Waals surface area contributed by atoms with E-state index in [0.717, 1.165) is 18.4 Å². The molecular formula is C17H15NO3. The van der Waals surface area contributed by atoms with E-state index in [1.807, 2.05) is 18.2 Å². The summed E-state index contributed by atoms with van der Waals surface area (Å²) in [5, 5.41) is 9.04. The molecule has 0 bridgehead atoms. The summed E-state index contributed by atoms with van der Waals surface area (Å²) in [7, 11) is 0. The van der Waals surface area contributed by atoms with E-state index in [1.165, 1.54) is 5.56 Å². The molecule has 0 atom stereocenters. The van der Waals surface area contributed by atoms with Crippen molar-refractivity contribution in [3.63, 3.8) is 0 Å². The molecule has 0 aliphatic rings. The maximum absolute atomic E-state index is 11.0. The van der Waals surface area contributed by atoms with Crippen molar-refractivity contribution in [1.82, 2.24) is 4.98 Å². The zero-order valence-electron chi connectivity index (χ0n) is 11.7. The van der Waals surface area contributed by atoms with E-state index in [0.29, 0.717) is 17.0 Å². The first-order valence-corrected chi connectivity index (χ1v) is 6.90. The summed E-state index contributed by atoms with van der Waals surface area (Å²) in [6, 6.07) is 12.6. The quantitative estimate of drug-likeness (QED) is 0.780. The second kappa shape index (κ2) is 5.40. The zero-order chi connectivity index (χ0) is 14.8. The highest BCUT2D eigenvalue weighted by Gasteiger charge is 2.11. The Hall–Kier alpha value is -2.62. The average molecular weight is 281 g/mol. The first kappa shape index (κ1) is 13.4. The summed E-state index contributed by atoms with van der Waals surface area (Å²) in [5.74, 6) is -0.514. The Morgan fingerprint density at radius 2 is 2.10 bits per heavy atom. The van der Waals surface area contributed by atoms with Crippen LogP contribution in [-0.4, -0.2) is 16.1 Å². The lowest BCUT2D eigenvalue weighted by atomic mass is 10.1. The lowest BCUT2D eigenvalue weighted by Crippen LogP contribution is -1.95. The van der Waals surface area contributed by atoms with Crippen molar-refractivity contribution in [2.75, 3.05) is 0 Å². The summed E-state index contributed by atoms with van der Waals surface area (Å²) in [6.07, 6.45) is 2.09. The van der Waals surface area contributed by atoms with Gasteiger partial charge in [-0.25, -0.2) is 9.78 Å². The van der Waals surface area contributed by atoms with Crippen molar-refractivity contribution < 1.29 is 14.3 Å². The molecule has 0 spiro atoms. The van der Waals surface area contributed by atoms with Gasteiger partial charge in [-0.15, -0.1) is 0 Å². The standard InChI is InChI=1S/C17H15NO3/c1-2-4-11-7-8-15-14(9-11)18-16(21-15)12-5-3-6-13(10-12)17(19)20/h3,5-10H,2,4H2,1H3,(H,19,20). The van der Waals surface area contributed by atoms with Gasteiger partial charge in [-0.3, -0.25) is 0 Å². The van der Waals surface area contributed by atoms with Crippen LogP contribution in [0.4, 0.5) is 0 Å². The molecule has 0 aliphatic heterocycles. The van der Waals surface area contributed by atoms with E-state index in [2.05, 4.69) is 11.9 Å². The predicted molar refractivity (Wildman–Crippen MR) is 80.4 cm³/mol. The van der Waals surface area contributed by atoms with Crippen molar-refractivity contribution >= 4 is 17.1 Å². The number of carboxylic acid groups (broad SMARTS) is 1. The summed E-state index contributed by atoms with van der Waals surface area (Å²) in [4.78, 5) is 15.5. The van der Waals surface area contributed by atoms with Crippen molar-refractivity contribution in [3.8, 4) is 11.5 Å². The average Bonchev–Trinajstić information content (AvgIpc) is 2.91. The summed E-state index contributed by atoms with van der Waals surface area (Å²) >= 11 is 0. The van der Waals surface area contributed by atoms with Gasteiger partial charge in [0.05, 0.1) is 5.56 Å². The molecule has 0 saturated carbocycles. The molecule has 0 amide bonds. The van der Waals surface area contributed by atoms with Crippen LogP contribution in [0, 0.1) is 0 Å². The molecule has 1 N–H and O–H groups in total. The number of fused-ring (bicyclic) bond motifs is 1. The van der Waals surface area contributed by atoms with Gasteiger partial charge in [0.2, 0.25) is 5.89 Å².